The van der Waals surface area contributed by atoms with Gasteiger partial charge in [0.05, 0.1) is 5.60 Å². The van der Waals surface area contributed by atoms with E-state index in [4.69, 9.17) is 14.2 Å². The molecular formula is C16H28O6. The second-order valence-electron chi connectivity index (χ2n) is 8.01. The van der Waals surface area contributed by atoms with E-state index in [1.165, 1.54) is 0 Å². The van der Waals surface area contributed by atoms with Gasteiger partial charge in [-0.05, 0) is 62.3 Å². The van der Waals surface area contributed by atoms with E-state index in [0.29, 0.717) is 0 Å². The van der Waals surface area contributed by atoms with Crippen LogP contribution in [0, 0.1) is 0 Å². The van der Waals surface area contributed by atoms with Gasteiger partial charge in [0.1, 0.15) is 11.2 Å². The first-order valence-corrected chi connectivity index (χ1v) is 7.20. The molecule has 0 aliphatic heterocycles. The summed E-state index contributed by atoms with van der Waals surface area (Å²) in [6, 6.07) is 0. The molecule has 0 aromatic heterocycles. The summed E-state index contributed by atoms with van der Waals surface area (Å²) in [5, 5.41) is 0. The molecule has 0 aliphatic carbocycles. The maximum absolute atomic E-state index is 12.2. The highest BCUT2D eigenvalue weighted by atomic mass is 16.6. The van der Waals surface area contributed by atoms with Gasteiger partial charge in [0.25, 0.3) is 5.78 Å². The SMILES string of the molecule is CC(C)(C)OC(=O)C(=O)[C@H](OC(C)(C)C)C(=O)OC(C)(C)C. The van der Waals surface area contributed by atoms with Crippen LogP contribution in [0.5, 0.6) is 0 Å². The largest absolute Gasteiger partial charge is 0.458 e. The van der Waals surface area contributed by atoms with Crippen LogP contribution in [0.3, 0.4) is 0 Å². The quantitative estimate of drug-likeness (QED) is 0.450. The lowest BCUT2D eigenvalue weighted by Crippen LogP contribution is -2.47. The number of Topliss-reactive ketones (excluding diaryl/α,β-unsaturated/α-hetero) is 1. The summed E-state index contributed by atoms with van der Waals surface area (Å²) in [5.41, 5.74) is -2.45. The highest BCUT2D eigenvalue weighted by Gasteiger charge is 2.40. The first kappa shape index (κ1) is 20.6. The Morgan fingerprint density at radius 3 is 1.41 bits per heavy atom. The molecule has 0 amide bonds. The minimum Gasteiger partial charge on any atom is -0.458 e. The third-order valence-corrected chi connectivity index (χ3v) is 1.93. The van der Waals surface area contributed by atoms with Crippen molar-refractivity contribution in [1.29, 1.82) is 0 Å². The molecule has 128 valence electrons. The normalized spacial score (nSPS) is 14.2. The average molecular weight is 316 g/mol. The van der Waals surface area contributed by atoms with Crippen molar-refractivity contribution in [3.8, 4) is 0 Å². The van der Waals surface area contributed by atoms with Gasteiger partial charge >= 0.3 is 11.9 Å². The Kier molecular flexibility index (Phi) is 6.33. The molecule has 0 aromatic rings. The van der Waals surface area contributed by atoms with E-state index in [2.05, 4.69) is 0 Å². The Hall–Kier alpha value is -1.43. The van der Waals surface area contributed by atoms with E-state index < -0.39 is 40.6 Å². The van der Waals surface area contributed by atoms with Gasteiger partial charge in [0.2, 0.25) is 6.10 Å². The maximum atomic E-state index is 12.2. The first-order valence-electron chi connectivity index (χ1n) is 7.20. The second-order valence-corrected chi connectivity index (χ2v) is 8.01. The summed E-state index contributed by atoms with van der Waals surface area (Å²) in [5.74, 6) is -3.09. The minimum atomic E-state index is -1.64. The number of esters is 2. The number of rotatable bonds is 4. The van der Waals surface area contributed by atoms with Crippen molar-refractivity contribution in [2.75, 3.05) is 0 Å². The van der Waals surface area contributed by atoms with Crippen molar-refractivity contribution in [3.05, 3.63) is 0 Å². The summed E-state index contributed by atoms with van der Waals surface area (Å²) < 4.78 is 15.6. The fourth-order valence-electron chi connectivity index (χ4n) is 1.35. The maximum Gasteiger partial charge on any atom is 0.378 e. The van der Waals surface area contributed by atoms with Crippen LogP contribution in [0.2, 0.25) is 0 Å². The van der Waals surface area contributed by atoms with Gasteiger partial charge in [-0.15, -0.1) is 0 Å². The van der Waals surface area contributed by atoms with Crippen LogP contribution in [0.15, 0.2) is 0 Å². The standard InChI is InChI=1S/C16H28O6/c1-14(2,3)20-11(13(19)22-16(7,8)9)10(17)12(18)21-15(4,5)6/h11H,1-9H3/t11-/m0/s1. The zero-order valence-electron chi connectivity index (χ0n) is 15.0. The molecule has 0 aromatic carbocycles. The summed E-state index contributed by atoms with van der Waals surface area (Å²) in [7, 11) is 0. The minimum absolute atomic E-state index is 0.801. The predicted octanol–water partition coefficient (Wildman–Crippen LogP) is 2.42. The Bertz CT molecular complexity index is 431. The summed E-state index contributed by atoms with van der Waals surface area (Å²) in [6.45, 7) is 14.9. The number of ketones is 1. The molecule has 0 aliphatic rings. The van der Waals surface area contributed by atoms with Crippen LogP contribution >= 0.6 is 0 Å². The molecule has 6 heteroatoms. The summed E-state index contributed by atoms with van der Waals surface area (Å²) in [4.78, 5) is 36.3. The van der Waals surface area contributed by atoms with Gasteiger partial charge in [-0.1, -0.05) is 0 Å². The summed E-state index contributed by atoms with van der Waals surface area (Å²) in [6.07, 6.45) is -1.64. The van der Waals surface area contributed by atoms with Crippen molar-refractivity contribution in [2.45, 2.75) is 85.2 Å². The van der Waals surface area contributed by atoms with Crippen LogP contribution < -0.4 is 0 Å². The van der Waals surface area contributed by atoms with Crippen LogP contribution in [-0.4, -0.2) is 40.6 Å². The van der Waals surface area contributed by atoms with Gasteiger partial charge in [-0.3, -0.25) is 4.79 Å². The van der Waals surface area contributed by atoms with Crippen molar-refractivity contribution < 1.29 is 28.6 Å². The molecule has 0 spiro atoms. The molecule has 0 saturated carbocycles. The number of hydrogen-bond acceptors (Lipinski definition) is 6. The number of ether oxygens (including phenoxy) is 3. The van der Waals surface area contributed by atoms with Crippen LogP contribution in [-0.2, 0) is 28.6 Å². The number of carbonyl (C=O) groups is 3. The molecule has 0 unspecified atom stereocenters. The van der Waals surface area contributed by atoms with Crippen molar-refractivity contribution in [3.63, 3.8) is 0 Å². The molecule has 0 heterocycles. The van der Waals surface area contributed by atoms with E-state index in [0.717, 1.165) is 0 Å². The Labute approximate surface area is 132 Å². The van der Waals surface area contributed by atoms with Gasteiger partial charge in [-0.25, -0.2) is 9.59 Å². The molecule has 0 N–H and O–H groups in total. The number of hydrogen-bond donors (Lipinski definition) is 0. The van der Waals surface area contributed by atoms with Crippen molar-refractivity contribution in [1.82, 2.24) is 0 Å². The highest BCUT2D eigenvalue weighted by molar-refractivity contribution is 6.39. The predicted molar refractivity (Wildman–Crippen MR) is 81.3 cm³/mol. The van der Waals surface area contributed by atoms with E-state index in [1.807, 2.05) is 0 Å². The van der Waals surface area contributed by atoms with Crippen molar-refractivity contribution >= 4 is 17.7 Å². The first-order chi connectivity index (χ1) is 9.52. The van der Waals surface area contributed by atoms with Crippen LogP contribution in [0.1, 0.15) is 62.3 Å². The molecule has 0 bridgehead atoms. The molecule has 0 rings (SSSR count). The number of carbonyl (C=O) groups excluding carboxylic acids is 3. The lowest BCUT2D eigenvalue weighted by Gasteiger charge is -2.28. The van der Waals surface area contributed by atoms with E-state index in [1.54, 1.807) is 62.3 Å². The Balaban J connectivity index is 5.28. The van der Waals surface area contributed by atoms with E-state index >= 15 is 0 Å². The van der Waals surface area contributed by atoms with Crippen LogP contribution in [0.4, 0.5) is 0 Å². The zero-order valence-corrected chi connectivity index (χ0v) is 15.0. The highest BCUT2D eigenvalue weighted by Crippen LogP contribution is 2.18. The van der Waals surface area contributed by atoms with Gasteiger partial charge in [0.15, 0.2) is 0 Å². The molecule has 22 heavy (non-hydrogen) atoms. The molecule has 0 radical (unpaired) electrons. The zero-order chi connectivity index (χ0) is 17.9. The molecule has 0 fully saturated rings. The topological polar surface area (TPSA) is 78.9 Å². The smallest absolute Gasteiger partial charge is 0.378 e. The van der Waals surface area contributed by atoms with Crippen molar-refractivity contribution in [2.24, 2.45) is 0 Å². The van der Waals surface area contributed by atoms with Crippen LogP contribution in [0.25, 0.3) is 0 Å². The fraction of sp³-hybridized carbons (Fsp3) is 0.812. The fourth-order valence-corrected chi connectivity index (χ4v) is 1.35. The van der Waals surface area contributed by atoms with E-state index in [9.17, 15) is 14.4 Å². The second kappa shape index (κ2) is 6.77. The average Bonchev–Trinajstić information content (AvgIpc) is 2.18. The Morgan fingerprint density at radius 1 is 0.682 bits per heavy atom. The molecule has 6 nitrogen and oxygen atoms in total. The lowest BCUT2D eigenvalue weighted by atomic mass is 10.1. The Morgan fingerprint density at radius 2 is 1.09 bits per heavy atom. The third kappa shape index (κ3) is 8.77. The van der Waals surface area contributed by atoms with Gasteiger partial charge in [0, 0.05) is 0 Å². The van der Waals surface area contributed by atoms with Gasteiger partial charge < -0.3 is 14.2 Å². The lowest BCUT2D eigenvalue weighted by molar-refractivity contribution is -0.186. The third-order valence-electron chi connectivity index (χ3n) is 1.93. The summed E-state index contributed by atoms with van der Waals surface area (Å²) >= 11 is 0. The van der Waals surface area contributed by atoms with Gasteiger partial charge in [-0.2, -0.15) is 0 Å². The monoisotopic (exact) mass is 316 g/mol. The molecular weight excluding hydrogens is 288 g/mol. The molecule has 0 saturated heterocycles. The molecule has 1 atom stereocenters. The van der Waals surface area contributed by atoms with E-state index in [-0.39, 0.29) is 0 Å².